The van der Waals surface area contributed by atoms with E-state index in [1.165, 1.54) is 64.2 Å². The van der Waals surface area contributed by atoms with Crippen molar-refractivity contribution in [2.75, 3.05) is 0 Å². The van der Waals surface area contributed by atoms with Crippen LogP contribution in [0.4, 0.5) is 0 Å². The number of ether oxygens (including phenoxy) is 1. The van der Waals surface area contributed by atoms with Gasteiger partial charge < -0.3 is 9.84 Å². The summed E-state index contributed by atoms with van der Waals surface area (Å²) in [4.78, 5) is 23.2. The quantitative estimate of drug-likeness (QED) is 0.0604. The summed E-state index contributed by atoms with van der Waals surface area (Å²) in [7, 11) is 0. The lowest BCUT2D eigenvalue weighted by Gasteiger charge is -2.18. The van der Waals surface area contributed by atoms with Gasteiger partial charge in [-0.15, -0.1) is 0 Å². The molecule has 0 radical (unpaired) electrons. The van der Waals surface area contributed by atoms with Crippen LogP contribution >= 0.6 is 0 Å². The van der Waals surface area contributed by atoms with Gasteiger partial charge >= 0.3 is 11.9 Å². The first-order valence-electron chi connectivity index (χ1n) is 16.1. The summed E-state index contributed by atoms with van der Waals surface area (Å²) in [6, 6.07) is 0. The van der Waals surface area contributed by atoms with Gasteiger partial charge in [0.05, 0.1) is 0 Å². The molecule has 224 valence electrons. The predicted octanol–water partition coefficient (Wildman–Crippen LogP) is 10.8. The van der Waals surface area contributed by atoms with Crippen LogP contribution in [0.1, 0.15) is 155 Å². The van der Waals surface area contributed by atoms with E-state index in [0.717, 1.165) is 57.8 Å². The molecule has 1 atom stereocenters. The molecule has 0 aromatic rings. The Balaban J connectivity index is 4.02. The number of allylic oxidation sites excluding steroid dienone is 8. The second kappa shape index (κ2) is 30.4. The van der Waals surface area contributed by atoms with Gasteiger partial charge in [0.2, 0.25) is 0 Å². The summed E-state index contributed by atoms with van der Waals surface area (Å²) in [5, 5.41) is 8.86. The third kappa shape index (κ3) is 30.3. The molecular formula is C35H60O4. The number of hydrogen-bond donors (Lipinski definition) is 1. The molecule has 0 saturated heterocycles. The molecule has 0 aromatic carbocycles. The molecule has 0 amide bonds. The molecule has 4 heteroatoms. The largest absolute Gasteiger partial charge is 0.481 e. The zero-order valence-electron chi connectivity index (χ0n) is 25.4. The maximum atomic E-state index is 12.4. The van der Waals surface area contributed by atoms with E-state index in [2.05, 4.69) is 62.5 Å². The van der Waals surface area contributed by atoms with Crippen molar-refractivity contribution in [3.63, 3.8) is 0 Å². The highest BCUT2D eigenvalue weighted by molar-refractivity contribution is 5.69. The van der Waals surface area contributed by atoms with E-state index < -0.39 is 5.97 Å². The average Bonchev–Trinajstić information content (AvgIpc) is 2.92. The first kappa shape index (κ1) is 36.9. The molecule has 0 aliphatic carbocycles. The van der Waals surface area contributed by atoms with Crippen molar-refractivity contribution in [3.05, 3.63) is 48.6 Å². The van der Waals surface area contributed by atoms with E-state index >= 15 is 0 Å². The SMILES string of the molecule is CCCCC/C=C\C/C=C\C/C=C\C/C=C\CCCC(=O)OC(CCCCCCCCC)CCCCC(=O)O. The number of aliphatic carboxylic acids is 1. The third-order valence-electron chi connectivity index (χ3n) is 6.80. The van der Waals surface area contributed by atoms with Crippen molar-refractivity contribution >= 4 is 11.9 Å². The van der Waals surface area contributed by atoms with Crippen LogP contribution in [-0.4, -0.2) is 23.1 Å². The molecule has 0 heterocycles. The van der Waals surface area contributed by atoms with E-state index in [1.54, 1.807) is 0 Å². The Hall–Kier alpha value is -2.10. The number of carboxylic acid groups (broad SMARTS) is 1. The topological polar surface area (TPSA) is 63.6 Å². The second-order valence-corrected chi connectivity index (χ2v) is 10.6. The molecule has 0 bridgehead atoms. The Morgan fingerprint density at radius 2 is 1.03 bits per heavy atom. The van der Waals surface area contributed by atoms with Crippen molar-refractivity contribution in [3.8, 4) is 0 Å². The van der Waals surface area contributed by atoms with Gasteiger partial charge in [-0.05, 0) is 77.0 Å². The van der Waals surface area contributed by atoms with Crippen LogP contribution in [0, 0.1) is 0 Å². The first-order valence-corrected chi connectivity index (χ1v) is 16.1. The van der Waals surface area contributed by atoms with Crippen LogP contribution in [-0.2, 0) is 14.3 Å². The molecule has 0 aliphatic heterocycles. The third-order valence-corrected chi connectivity index (χ3v) is 6.80. The summed E-state index contributed by atoms with van der Waals surface area (Å²) in [5.41, 5.74) is 0. The predicted molar refractivity (Wildman–Crippen MR) is 167 cm³/mol. The minimum Gasteiger partial charge on any atom is -0.481 e. The van der Waals surface area contributed by atoms with Crippen LogP contribution in [0.15, 0.2) is 48.6 Å². The highest BCUT2D eigenvalue weighted by Gasteiger charge is 2.14. The number of unbranched alkanes of at least 4 members (excludes halogenated alkanes) is 11. The summed E-state index contributed by atoms with van der Waals surface area (Å²) >= 11 is 0. The number of carbonyl (C=O) groups is 2. The van der Waals surface area contributed by atoms with Crippen LogP contribution in [0.5, 0.6) is 0 Å². The Bertz CT molecular complexity index is 674. The first-order chi connectivity index (χ1) is 19.1. The fraction of sp³-hybridized carbons (Fsp3) is 0.714. The molecule has 4 nitrogen and oxygen atoms in total. The van der Waals surface area contributed by atoms with E-state index in [1.807, 2.05) is 0 Å². The van der Waals surface area contributed by atoms with Gasteiger partial charge in [-0.25, -0.2) is 0 Å². The number of carbonyl (C=O) groups excluding carboxylic acids is 1. The van der Waals surface area contributed by atoms with Crippen LogP contribution in [0.25, 0.3) is 0 Å². The Labute approximate surface area is 241 Å². The number of hydrogen-bond acceptors (Lipinski definition) is 3. The smallest absolute Gasteiger partial charge is 0.306 e. The highest BCUT2D eigenvalue weighted by atomic mass is 16.5. The zero-order chi connectivity index (χ0) is 28.7. The van der Waals surface area contributed by atoms with Crippen molar-refractivity contribution in [2.45, 2.75) is 161 Å². The molecule has 39 heavy (non-hydrogen) atoms. The summed E-state index contributed by atoms with van der Waals surface area (Å²) < 4.78 is 5.80. The normalized spacial score (nSPS) is 12.9. The van der Waals surface area contributed by atoms with Gasteiger partial charge in [0, 0.05) is 12.8 Å². The van der Waals surface area contributed by atoms with Gasteiger partial charge in [0.1, 0.15) is 6.10 Å². The lowest BCUT2D eigenvalue weighted by Crippen LogP contribution is -2.18. The minimum absolute atomic E-state index is 0.0708. The van der Waals surface area contributed by atoms with Crippen LogP contribution in [0.3, 0.4) is 0 Å². The van der Waals surface area contributed by atoms with E-state index in [0.29, 0.717) is 12.8 Å². The van der Waals surface area contributed by atoms with Gasteiger partial charge in [0.15, 0.2) is 0 Å². The molecule has 0 rings (SSSR count). The second-order valence-electron chi connectivity index (χ2n) is 10.6. The molecule has 0 fully saturated rings. The van der Waals surface area contributed by atoms with E-state index in [4.69, 9.17) is 9.84 Å². The summed E-state index contributed by atoms with van der Waals surface area (Å²) in [5.74, 6) is -0.871. The summed E-state index contributed by atoms with van der Waals surface area (Å²) in [6.45, 7) is 4.47. The fourth-order valence-corrected chi connectivity index (χ4v) is 4.41. The number of carboxylic acids is 1. The molecule has 0 spiro atoms. The Morgan fingerprint density at radius 3 is 1.59 bits per heavy atom. The van der Waals surface area contributed by atoms with E-state index in [9.17, 15) is 9.59 Å². The van der Waals surface area contributed by atoms with Crippen molar-refractivity contribution in [2.24, 2.45) is 0 Å². The number of esters is 1. The molecule has 1 unspecified atom stereocenters. The van der Waals surface area contributed by atoms with Crippen LogP contribution in [0.2, 0.25) is 0 Å². The molecule has 0 aliphatic rings. The van der Waals surface area contributed by atoms with Gasteiger partial charge in [0.25, 0.3) is 0 Å². The molecule has 0 aromatic heterocycles. The van der Waals surface area contributed by atoms with Crippen LogP contribution < -0.4 is 0 Å². The van der Waals surface area contributed by atoms with Crippen molar-refractivity contribution in [1.82, 2.24) is 0 Å². The lowest BCUT2D eigenvalue weighted by molar-refractivity contribution is -0.150. The monoisotopic (exact) mass is 544 g/mol. The molecular weight excluding hydrogens is 484 g/mol. The molecule has 1 N–H and O–H groups in total. The maximum absolute atomic E-state index is 12.4. The minimum atomic E-state index is -0.757. The number of rotatable bonds is 28. The van der Waals surface area contributed by atoms with Gasteiger partial charge in [-0.2, -0.15) is 0 Å². The van der Waals surface area contributed by atoms with Crippen molar-refractivity contribution in [1.29, 1.82) is 0 Å². The Kier molecular flexibility index (Phi) is 28.8. The van der Waals surface area contributed by atoms with Gasteiger partial charge in [-0.1, -0.05) is 114 Å². The summed E-state index contributed by atoms with van der Waals surface area (Å²) in [6.07, 6.45) is 39.7. The van der Waals surface area contributed by atoms with E-state index in [-0.39, 0.29) is 18.5 Å². The zero-order valence-corrected chi connectivity index (χ0v) is 25.4. The van der Waals surface area contributed by atoms with Gasteiger partial charge in [-0.3, -0.25) is 9.59 Å². The lowest BCUT2D eigenvalue weighted by atomic mass is 10.0. The fourth-order valence-electron chi connectivity index (χ4n) is 4.41. The standard InChI is InChI=1S/C35H60O4/c1-3-5-7-9-11-12-13-14-15-16-17-18-19-20-22-24-26-32-35(38)39-33(30-27-28-31-34(36)37)29-25-23-21-10-8-6-4-2/h11-12,14-15,17-18,20,22,33H,3-10,13,16,19,21,23-32H2,1-2H3,(H,36,37)/b12-11-,15-14-,18-17-,22-20-. The van der Waals surface area contributed by atoms with Crippen molar-refractivity contribution < 1.29 is 19.4 Å². The Morgan fingerprint density at radius 1 is 0.564 bits per heavy atom. The maximum Gasteiger partial charge on any atom is 0.306 e. The average molecular weight is 545 g/mol. The molecule has 0 saturated carbocycles. The highest BCUT2D eigenvalue weighted by Crippen LogP contribution is 2.17.